The first-order valence-electron chi connectivity index (χ1n) is 10.9. The van der Waals surface area contributed by atoms with Crippen molar-refractivity contribution >= 4 is 55.4 Å². The van der Waals surface area contributed by atoms with Gasteiger partial charge in [0.25, 0.3) is 0 Å². The second-order valence-electron chi connectivity index (χ2n) is 8.17. The van der Waals surface area contributed by atoms with Gasteiger partial charge in [-0.3, -0.25) is 9.59 Å². The summed E-state index contributed by atoms with van der Waals surface area (Å²) in [6.07, 6.45) is 1.77. The van der Waals surface area contributed by atoms with Gasteiger partial charge in [0.2, 0.25) is 21.8 Å². The Morgan fingerprint density at radius 3 is 2.80 bits per heavy atom. The number of nitrogens with zero attached hydrogens (tertiary/aromatic N) is 3. The monoisotopic (exact) mass is 529 g/mol. The van der Waals surface area contributed by atoms with Crippen LogP contribution < -0.4 is 4.72 Å². The highest BCUT2D eigenvalue weighted by Crippen LogP contribution is 2.38. The number of benzene rings is 1. The number of carbonyl (C=O) groups excluding carboxylic acids is 2. The molecule has 1 aromatic carbocycles. The number of carbonyl (C=O) groups is 2. The number of hydrogen-bond donors (Lipinski definition) is 2. The van der Waals surface area contributed by atoms with Crippen LogP contribution in [0.15, 0.2) is 46.1 Å². The van der Waals surface area contributed by atoms with E-state index in [4.69, 9.17) is 0 Å². The minimum absolute atomic E-state index is 0.0697. The lowest BCUT2D eigenvalue weighted by Gasteiger charge is -2.33. The largest absolute Gasteiger partial charge is 0.352 e. The van der Waals surface area contributed by atoms with E-state index in [-0.39, 0.29) is 22.6 Å². The molecular formula is C23H23N5O4S3. The molecule has 4 heterocycles. The van der Waals surface area contributed by atoms with E-state index in [1.54, 1.807) is 21.4 Å². The summed E-state index contributed by atoms with van der Waals surface area (Å²) in [5.41, 5.74) is 3.10. The maximum atomic E-state index is 12.5. The Balaban J connectivity index is 1.42. The Labute approximate surface area is 210 Å². The van der Waals surface area contributed by atoms with Crippen LogP contribution in [-0.4, -0.2) is 66.7 Å². The fraction of sp³-hybridized carbons (Fsp3) is 0.261. The molecule has 0 spiro atoms. The van der Waals surface area contributed by atoms with Gasteiger partial charge in [-0.1, -0.05) is 18.2 Å². The van der Waals surface area contributed by atoms with E-state index in [9.17, 15) is 18.0 Å². The van der Waals surface area contributed by atoms with Crippen molar-refractivity contribution in [2.75, 3.05) is 26.7 Å². The van der Waals surface area contributed by atoms with Crippen molar-refractivity contribution in [2.45, 2.75) is 17.7 Å². The smallest absolute Gasteiger partial charge is 0.250 e. The van der Waals surface area contributed by atoms with Gasteiger partial charge in [-0.2, -0.15) is 0 Å². The quantitative estimate of drug-likeness (QED) is 0.398. The van der Waals surface area contributed by atoms with Crippen molar-refractivity contribution in [3.8, 4) is 21.8 Å². The Bertz CT molecular complexity index is 1540. The summed E-state index contributed by atoms with van der Waals surface area (Å²) in [5.74, 6) is -0.158. The molecule has 0 aliphatic carbocycles. The molecular weight excluding hydrogens is 506 g/mol. The lowest BCUT2D eigenvalue weighted by molar-refractivity contribution is -0.144. The topological polar surface area (TPSA) is 115 Å². The van der Waals surface area contributed by atoms with Crippen molar-refractivity contribution in [1.82, 2.24) is 24.5 Å². The molecule has 12 heteroatoms. The van der Waals surface area contributed by atoms with E-state index in [1.807, 2.05) is 30.3 Å². The predicted molar refractivity (Wildman–Crippen MR) is 137 cm³/mol. The molecule has 1 fully saturated rings. The minimum atomic E-state index is -3.58. The number of nitrogens with one attached hydrogen (secondary N) is 2. The average Bonchev–Trinajstić information content (AvgIpc) is 3.59. The molecule has 9 nitrogen and oxygen atoms in total. The van der Waals surface area contributed by atoms with E-state index < -0.39 is 10.0 Å². The first-order valence-corrected chi connectivity index (χ1v) is 14.1. The summed E-state index contributed by atoms with van der Waals surface area (Å²) in [4.78, 5) is 36.2. The minimum Gasteiger partial charge on any atom is -0.352 e. The number of hydrogen-bond acceptors (Lipinski definition) is 7. The fourth-order valence-corrected chi connectivity index (χ4v) is 7.24. The number of thiophene rings is 1. The number of amides is 2. The van der Waals surface area contributed by atoms with Gasteiger partial charge >= 0.3 is 0 Å². The number of sulfonamides is 1. The molecule has 2 N–H and O–H groups in total. The molecule has 1 aliphatic heterocycles. The molecule has 0 radical (unpaired) electrons. The lowest BCUT2D eigenvalue weighted by Crippen LogP contribution is -2.51. The molecule has 3 aromatic heterocycles. The maximum Gasteiger partial charge on any atom is 0.250 e. The third-order valence-electron chi connectivity index (χ3n) is 5.98. The van der Waals surface area contributed by atoms with E-state index >= 15 is 0 Å². The summed E-state index contributed by atoms with van der Waals surface area (Å²) in [7, 11) is -2.18. The number of fused-ring (bicyclic) bond motifs is 1. The number of thiazole rings is 1. The Morgan fingerprint density at radius 1 is 1.23 bits per heavy atom. The van der Waals surface area contributed by atoms with E-state index in [0.29, 0.717) is 25.2 Å². The molecule has 182 valence electrons. The SMILES string of the molecule is CNS(=O)(=O)c1sccc1-c1cccc2cc(-c3ncc(CN4CCN(C(C)=O)CC4=O)s3)[nH]c12. The highest BCUT2D eigenvalue weighted by Gasteiger charge is 2.26. The third-order valence-corrected chi connectivity index (χ3v) is 9.90. The van der Waals surface area contributed by atoms with Gasteiger partial charge in [-0.25, -0.2) is 18.1 Å². The van der Waals surface area contributed by atoms with Crippen LogP contribution in [0.5, 0.6) is 0 Å². The molecule has 35 heavy (non-hydrogen) atoms. The van der Waals surface area contributed by atoms with Crippen LogP contribution in [0, 0.1) is 0 Å². The van der Waals surface area contributed by atoms with Crippen LogP contribution in [-0.2, 0) is 26.2 Å². The van der Waals surface area contributed by atoms with Crippen LogP contribution >= 0.6 is 22.7 Å². The predicted octanol–water partition coefficient (Wildman–Crippen LogP) is 3.12. The fourth-order valence-electron chi connectivity index (χ4n) is 4.13. The molecule has 5 rings (SSSR count). The first kappa shape index (κ1) is 23.7. The van der Waals surface area contributed by atoms with Gasteiger partial charge in [-0.15, -0.1) is 22.7 Å². The zero-order valence-corrected chi connectivity index (χ0v) is 21.5. The van der Waals surface area contributed by atoms with Crippen molar-refractivity contribution in [3.05, 3.63) is 46.8 Å². The maximum absolute atomic E-state index is 12.5. The zero-order chi connectivity index (χ0) is 24.7. The normalized spacial score (nSPS) is 14.7. The molecule has 0 unspecified atom stereocenters. The number of piperazine rings is 1. The molecule has 0 bridgehead atoms. The van der Waals surface area contributed by atoms with Crippen LogP contribution in [0.1, 0.15) is 11.8 Å². The Morgan fingerprint density at radius 2 is 2.06 bits per heavy atom. The number of aromatic amines is 1. The van der Waals surface area contributed by atoms with Gasteiger partial charge in [0.15, 0.2) is 0 Å². The Kier molecular flexibility index (Phi) is 6.21. The van der Waals surface area contributed by atoms with Gasteiger partial charge in [0.1, 0.15) is 9.22 Å². The highest BCUT2D eigenvalue weighted by atomic mass is 32.2. The summed E-state index contributed by atoms with van der Waals surface area (Å²) in [6, 6.07) is 9.59. The van der Waals surface area contributed by atoms with Gasteiger partial charge in [-0.05, 0) is 24.6 Å². The Hall–Kier alpha value is -3.06. The third kappa shape index (κ3) is 4.49. The van der Waals surface area contributed by atoms with Crippen LogP contribution in [0.4, 0.5) is 0 Å². The van der Waals surface area contributed by atoms with Crippen molar-refractivity contribution in [3.63, 3.8) is 0 Å². The average molecular weight is 530 g/mol. The number of aromatic nitrogens is 2. The molecule has 1 saturated heterocycles. The van der Waals surface area contributed by atoms with Gasteiger partial charge < -0.3 is 14.8 Å². The zero-order valence-electron chi connectivity index (χ0n) is 19.1. The van der Waals surface area contributed by atoms with Gasteiger partial charge in [0.05, 0.1) is 24.3 Å². The summed E-state index contributed by atoms with van der Waals surface area (Å²) in [6.45, 7) is 3.07. The first-order chi connectivity index (χ1) is 16.8. The van der Waals surface area contributed by atoms with Crippen LogP contribution in [0.3, 0.4) is 0 Å². The summed E-state index contributed by atoms with van der Waals surface area (Å²) in [5, 5.41) is 3.50. The van der Waals surface area contributed by atoms with Crippen molar-refractivity contribution in [2.24, 2.45) is 0 Å². The summed E-state index contributed by atoms with van der Waals surface area (Å²) >= 11 is 2.68. The second-order valence-corrected chi connectivity index (χ2v) is 12.3. The van der Waals surface area contributed by atoms with Crippen molar-refractivity contribution < 1.29 is 18.0 Å². The summed E-state index contributed by atoms with van der Waals surface area (Å²) < 4.78 is 27.7. The number of rotatable bonds is 6. The number of para-hydroxylation sites is 1. The molecule has 0 saturated carbocycles. The van der Waals surface area contributed by atoms with Gasteiger partial charge in [0, 0.05) is 47.6 Å². The van der Waals surface area contributed by atoms with E-state index in [1.165, 1.54) is 36.6 Å². The highest BCUT2D eigenvalue weighted by molar-refractivity contribution is 7.91. The van der Waals surface area contributed by atoms with E-state index in [2.05, 4.69) is 14.7 Å². The molecule has 4 aromatic rings. The molecule has 0 atom stereocenters. The van der Waals surface area contributed by atoms with Crippen LogP contribution in [0.25, 0.3) is 32.7 Å². The molecule has 2 amide bonds. The molecule has 1 aliphatic rings. The van der Waals surface area contributed by atoms with E-state index in [0.717, 1.165) is 32.0 Å². The van der Waals surface area contributed by atoms with Crippen molar-refractivity contribution in [1.29, 1.82) is 0 Å². The lowest BCUT2D eigenvalue weighted by atomic mass is 10.1. The van der Waals surface area contributed by atoms with Crippen LogP contribution in [0.2, 0.25) is 0 Å². The number of H-pyrrole nitrogens is 1. The standard InChI is InChI=1S/C23H23N5O4S3/c1-14(29)27-7-8-28(20(30)13-27)12-16-11-25-22(34-16)19-10-15-4-3-5-17(21(15)26-19)18-6-9-33-23(18)35(31,32)24-2/h3-6,9-11,24,26H,7-8,12-13H2,1-2H3. The second kappa shape index (κ2) is 9.19.